The first-order valence-corrected chi connectivity index (χ1v) is 9.62. The van der Waals surface area contributed by atoms with Crippen LogP contribution in [0.4, 0.5) is 8.78 Å². The predicted octanol–water partition coefficient (Wildman–Crippen LogP) is 3.06. The molecule has 160 valence electrons. The molecule has 1 aromatic carbocycles. The summed E-state index contributed by atoms with van der Waals surface area (Å²) >= 11 is 0. The number of carbonyl (C=O) groups is 1. The number of aliphatic hydroxyl groups is 1. The van der Waals surface area contributed by atoms with E-state index in [0.29, 0.717) is 27.8 Å². The second kappa shape index (κ2) is 9.96. The first-order valence-electron chi connectivity index (χ1n) is 9.62. The minimum Gasteiger partial charge on any atom is -0.391 e. The zero-order chi connectivity index (χ0) is 22.4. The molecule has 1 N–H and O–H groups in total. The largest absolute Gasteiger partial charge is 0.391 e. The van der Waals surface area contributed by atoms with Crippen LogP contribution in [0.25, 0.3) is 0 Å². The van der Waals surface area contributed by atoms with E-state index in [1.54, 1.807) is 13.1 Å². The summed E-state index contributed by atoms with van der Waals surface area (Å²) < 4.78 is 26.2. The van der Waals surface area contributed by atoms with Gasteiger partial charge in [-0.15, -0.1) is 0 Å². The number of pyridine rings is 1. The lowest BCUT2D eigenvalue weighted by molar-refractivity contribution is 0.0544. The second-order valence-electron chi connectivity index (χ2n) is 7.11. The van der Waals surface area contributed by atoms with Gasteiger partial charge in [0.05, 0.1) is 29.1 Å². The van der Waals surface area contributed by atoms with Crippen LogP contribution < -0.4 is 0 Å². The van der Waals surface area contributed by atoms with E-state index in [1.807, 2.05) is 30.3 Å². The summed E-state index contributed by atoms with van der Waals surface area (Å²) in [6.45, 7) is -1.06. The Morgan fingerprint density at radius 3 is 2.61 bits per heavy atom. The number of nitrogens with zero attached hydrogens (tertiary/aromatic N) is 4. The molecule has 0 fully saturated rings. The Morgan fingerprint density at radius 2 is 1.94 bits per heavy atom. The quantitative estimate of drug-likeness (QED) is 0.618. The molecular weight excluding hydrogens is 402 g/mol. The average Bonchev–Trinajstić information content (AvgIpc) is 3.13. The molecule has 0 aliphatic rings. The van der Waals surface area contributed by atoms with E-state index in [0.717, 1.165) is 5.56 Å². The van der Waals surface area contributed by atoms with Crippen LogP contribution in [0, 0.1) is 18.8 Å². The fourth-order valence-corrected chi connectivity index (χ4v) is 3.08. The van der Waals surface area contributed by atoms with E-state index in [1.165, 1.54) is 30.4 Å². The van der Waals surface area contributed by atoms with Crippen LogP contribution in [0.1, 0.15) is 39.3 Å². The summed E-state index contributed by atoms with van der Waals surface area (Å²) in [5, 5.41) is 13.9. The molecule has 0 spiro atoms. The molecule has 2 aromatic heterocycles. The summed E-state index contributed by atoms with van der Waals surface area (Å²) in [7, 11) is 1.61. The van der Waals surface area contributed by atoms with E-state index >= 15 is 0 Å². The van der Waals surface area contributed by atoms with Crippen molar-refractivity contribution in [3.05, 3.63) is 82.9 Å². The van der Waals surface area contributed by atoms with Crippen LogP contribution in [0.3, 0.4) is 0 Å². The molecule has 1 amide bonds. The van der Waals surface area contributed by atoms with Gasteiger partial charge in [0.25, 0.3) is 5.91 Å². The number of rotatable bonds is 6. The van der Waals surface area contributed by atoms with E-state index in [9.17, 15) is 18.7 Å². The summed E-state index contributed by atoms with van der Waals surface area (Å²) in [5.74, 6) is 5.32. The molecular formula is C23H22F2N4O2. The first kappa shape index (κ1) is 22.1. The van der Waals surface area contributed by atoms with E-state index in [-0.39, 0.29) is 18.1 Å². The highest BCUT2D eigenvalue weighted by atomic mass is 19.3. The number of aromatic nitrogens is 3. The summed E-state index contributed by atoms with van der Waals surface area (Å²) in [4.78, 5) is 18.2. The van der Waals surface area contributed by atoms with Crippen molar-refractivity contribution in [1.82, 2.24) is 19.7 Å². The van der Waals surface area contributed by atoms with Gasteiger partial charge in [0.1, 0.15) is 0 Å². The van der Waals surface area contributed by atoms with E-state index < -0.39 is 12.7 Å². The maximum Gasteiger partial charge on any atom is 0.333 e. The number of likely N-dealkylation sites (N-methyl/N-ethyl adjacent to an activating group) is 1. The van der Waals surface area contributed by atoms with Gasteiger partial charge >= 0.3 is 6.55 Å². The van der Waals surface area contributed by atoms with E-state index in [2.05, 4.69) is 21.9 Å². The van der Waals surface area contributed by atoms with Gasteiger partial charge in [0.2, 0.25) is 0 Å². The van der Waals surface area contributed by atoms with Gasteiger partial charge in [-0.2, -0.15) is 13.9 Å². The molecule has 2 heterocycles. The molecule has 3 aromatic rings. The normalized spacial score (nSPS) is 11.7. The van der Waals surface area contributed by atoms with Crippen LogP contribution in [0.15, 0.2) is 55.0 Å². The number of amides is 1. The Balaban J connectivity index is 1.67. The maximum atomic E-state index is 12.8. The van der Waals surface area contributed by atoms with Gasteiger partial charge < -0.3 is 10.0 Å². The number of alkyl halides is 2. The monoisotopic (exact) mass is 424 g/mol. The van der Waals surface area contributed by atoms with Crippen molar-refractivity contribution >= 4 is 5.91 Å². The molecule has 6 nitrogen and oxygen atoms in total. The molecule has 31 heavy (non-hydrogen) atoms. The van der Waals surface area contributed by atoms with Gasteiger partial charge in [-0.25, -0.2) is 4.68 Å². The molecule has 3 rings (SSSR count). The van der Waals surface area contributed by atoms with Crippen molar-refractivity contribution in [2.24, 2.45) is 0 Å². The molecule has 1 atom stereocenters. The average molecular weight is 424 g/mol. The molecule has 0 saturated heterocycles. The zero-order valence-electron chi connectivity index (χ0n) is 17.2. The lowest BCUT2D eigenvalue weighted by atomic mass is 10.1. The third-order valence-electron chi connectivity index (χ3n) is 4.70. The molecule has 0 bridgehead atoms. The second-order valence-corrected chi connectivity index (χ2v) is 7.11. The topological polar surface area (TPSA) is 71.2 Å². The molecule has 0 unspecified atom stereocenters. The number of benzene rings is 1. The van der Waals surface area contributed by atoms with Gasteiger partial charge in [0, 0.05) is 38.0 Å². The van der Waals surface area contributed by atoms with Gasteiger partial charge in [-0.3, -0.25) is 9.78 Å². The van der Waals surface area contributed by atoms with Crippen molar-refractivity contribution < 1.29 is 18.7 Å². The van der Waals surface area contributed by atoms with Crippen LogP contribution in [0.5, 0.6) is 0 Å². The van der Waals surface area contributed by atoms with Crippen molar-refractivity contribution in [2.45, 2.75) is 26.0 Å². The third-order valence-corrected chi connectivity index (χ3v) is 4.70. The minimum absolute atomic E-state index is 0.162. The van der Waals surface area contributed by atoms with Gasteiger partial charge in [-0.1, -0.05) is 42.2 Å². The Bertz CT molecular complexity index is 1100. The number of aliphatic hydroxyl groups excluding tert-OH is 1. The van der Waals surface area contributed by atoms with Crippen LogP contribution >= 0.6 is 0 Å². The van der Waals surface area contributed by atoms with Crippen molar-refractivity contribution in [2.75, 3.05) is 13.6 Å². The highest BCUT2D eigenvalue weighted by Gasteiger charge is 2.17. The summed E-state index contributed by atoms with van der Waals surface area (Å²) in [6.07, 6.45) is 3.92. The fourth-order valence-electron chi connectivity index (χ4n) is 3.08. The van der Waals surface area contributed by atoms with Crippen LogP contribution in [-0.2, 0) is 6.42 Å². The van der Waals surface area contributed by atoms with Crippen molar-refractivity contribution in [3.63, 3.8) is 0 Å². The Labute approximate surface area is 179 Å². The number of halogens is 2. The zero-order valence-corrected chi connectivity index (χ0v) is 17.2. The van der Waals surface area contributed by atoms with Crippen molar-refractivity contribution in [3.8, 4) is 11.8 Å². The Morgan fingerprint density at radius 1 is 1.19 bits per heavy atom. The van der Waals surface area contributed by atoms with Crippen LogP contribution in [-0.4, -0.2) is 50.4 Å². The minimum atomic E-state index is -2.73. The lowest BCUT2D eigenvalue weighted by Gasteiger charge is -2.21. The van der Waals surface area contributed by atoms with Gasteiger partial charge in [0.15, 0.2) is 0 Å². The van der Waals surface area contributed by atoms with E-state index in [4.69, 9.17) is 0 Å². The molecule has 8 heteroatoms. The summed E-state index contributed by atoms with van der Waals surface area (Å²) in [6, 6.07) is 11.1. The van der Waals surface area contributed by atoms with Gasteiger partial charge in [-0.05, 0) is 18.6 Å². The Kier molecular flexibility index (Phi) is 7.11. The molecule has 0 aliphatic carbocycles. The number of hydrogen-bond acceptors (Lipinski definition) is 4. The SMILES string of the molecule is Cc1c(C#Cc2cncc(C(=O)N(C)C[C@@H](O)Cc3ccccc3)c2)cnn1C(F)F. The Hall–Kier alpha value is -3.57. The summed E-state index contributed by atoms with van der Waals surface area (Å²) in [5.41, 5.74) is 2.41. The maximum absolute atomic E-state index is 12.8. The molecule has 0 radical (unpaired) electrons. The highest BCUT2D eigenvalue weighted by molar-refractivity contribution is 5.94. The fraction of sp³-hybridized carbons (Fsp3) is 0.261. The highest BCUT2D eigenvalue weighted by Crippen LogP contribution is 2.15. The lowest BCUT2D eigenvalue weighted by Crippen LogP contribution is -2.35. The predicted molar refractivity (Wildman–Crippen MR) is 112 cm³/mol. The standard InChI is InChI=1S/C23H22F2N4O2/c1-16-19(14-27-29(16)23(24)25)9-8-18-10-20(13-26-12-18)22(31)28(2)15-21(30)11-17-6-4-3-5-7-17/h3-7,10,12-14,21,23,30H,11,15H2,1-2H3/t21-/m0/s1. The molecule has 0 aliphatic heterocycles. The van der Waals surface area contributed by atoms with Crippen LogP contribution in [0.2, 0.25) is 0 Å². The first-order chi connectivity index (χ1) is 14.8. The smallest absolute Gasteiger partial charge is 0.333 e. The molecule has 0 saturated carbocycles. The third kappa shape index (κ3) is 5.74. The number of carbonyl (C=O) groups excluding carboxylic acids is 1. The number of hydrogen-bond donors (Lipinski definition) is 1. The van der Waals surface area contributed by atoms with Crippen molar-refractivity contribution in [1.29, 1.82) is 0 Å².